The summed E-state index contributed by atoms with van der Waals surface area (Å²) >= 11 is 0. The monoisotopic (exact) mass is 266 g/mol. The van der Waals surface area contributed by atoms with Gasteiger partial charge in [0.2, 0.25) is 0 Å². The van der Waals surface area contributed by atoms with Crippen LogP contribution in [0.5, 0.6) is 0 Å². The highest BCUT2D eigenvalue weighted by Crippen LogP contribution is 2.12. The lowest BCUT2D eigenvalue weighted by molar-refractivity contribution is 0.102. The number of aryl methyl sites for hydroxylation is 2. The van der Waals surface area contributed by atoms with Gasteiger partial charge in [0.25, 0.3) is 5.91 Å². The van der Waals surface area contributed by atoms with Crippen LogP contribution in [0.25, 0.3) is 5.65 Å². The molecule has 0 aliphatic rings. The second-order valence-electron chi connectivity index (χ2n) is 4.71. The summed E-state index contributed by atoms with van der Waals surface area (Å²) in [4.78, 5) is 16.5. The lowest BCUT2D eigenvalue weighted by atomic mass is 10.2. The number of aromatic nitrogens is 3. The second-order valence-corrected chi connectivity index (χ2v) is 4.71. The van der Waals surface area contributed by atoms with Gasteiger partial charge in [-0.05, 0) is 37.6 Å². The van der Waals surface area contributed by atoms with Crippen molar-refractivity contribution in [2.24, 2.45) is 0 Å². The van der Waals surface area contributed by atoms with Gasteiger partial charge in [-0.3, -0.25) is 4.79 Å². The minimum absolute atomic E-state index is 0.203. The summed E-state index contributed by atoms with van der Waals surface area (Å²) in [5.74, 6) is -0.203. The highest BCUT2D eigenvalue weighted by atomic mass is 16.2. The average molecular weight is 266 g/mol. The molecule has 2 heterocycles. The van der Waals surface area contributed by atoms with Gasteiger partial charge < -0.3 is 5.32 Å². The number of carbonyl (C=O) groups is 1. The number of hydrogen-bond donors (Lipinski definition) is 1. The fraction of sp³-hybridized carbons (Fsp3) is 0.133. The summed E-state index contributed by atoms with van der Waals surface area (Å²) in [6, 6.07) is 11.2. The predicted molar refractivity (Wildman–Crippen MR) is 76.9 cm³/mol. The largest absolute Gasteiger partial charge is 0.321 e. The minimum Gasteiger partial charge on any atom is -0.321 e. The molecule has 0 fully saturated rings. The Balaban J connectivity index is 1.96. The molecule has 100 valence electrons. The van der Waals surface area contributed by atoms with Gasteiger partial charge in [0.15, 0.2) is 5.65 Å². The van der Waals surface area contributed by atoms with Crippen LogP contribution >= 0.6 is 0 Å². The molecule has 0 unspecified atom stereocenters. The van der Waals surface area contributed by atoms with Crippen molar-refractivity contribution in [1.29, 1.82) is 0 Å². The molecule has 0 aliphatic carbocycles. The molecule has 5 nitrogen and oxygen atoms in total. The van der Waals surface area contributed by atoms with E-state index in [0.717, 1.165) is 16.9 Å². The van der Waals surface area contributed by atoms with E-state index in [4.69, 9.17) is 0 Å². The zero-order valence-electron chi connectivity index (χ0n) is 11.3. The molecule has 5 heteroatoms. The second kappa shape index (κ2) is 4.77. The van der Waals surface area contributed by atoms with Crippen molar-refractivity contribution in [3.05, 3.63) is 59.5 Å². The number of amides is 1. The summed E-state index contributed by atoms with van der Waals surface area (Å²) in [5, 5.41) is 7.16. The highest BCUT2D eigenvalue weighted by Gasteiger charge is 2.12. The van der Waals surface area contributed by atoms with Crippen LogP contribution < -0.4 is 5.32 Å². The zero-order chi connectivity index (χ0) is 14.1. The first-order chi connectivity index (χ1) is 9.63. The zero-order valence-corrected chi connectivity index (χ0v) is 11.3. The number of fused-ring (bicyclic) bond motifs is 1. The van der Waals surface area contributed by atoms with Gasteiger partial charge in [-0.15, -0.1) is 0 Å². The molecule has 0 saturated carbocycles. The van der Waals surface area contributed by atoms with Crippen molar-refractivity contribution in [2.45, 2.75) is 13.8 Å². The fourth-order valence-electron chi connectivity index (χ4n) is 2.10. The van der Waals surface area contributed by atoms with Crippen LogP contribution in [0, 0.1) is 13.8 Å². The third-order valence-corrected chi connectivity index (χ3v) is 2.99. The first-order valence-corrected chi connectivity index (χ1v) is 6.33. The average Bonchev–Trinajstić information content (AvgIpc) is 2.78. The lowest BCUT2D eigenvalue weighted by Crippen LogP contribution is -2.16. The maximum absolute atomic E-state index is 12.3. The van der Waals surface area contributed by atoms with Crippen LogP contribution in [0.2, 0.25) is 0 Å². The molecule has 0 saturated heterocycles. The van der Waals surface area contributed by atoms with E-state index in [9.17, 15) is 4.79 Å². The summed E-state index contributed by atoms with van der Waals surface area (Å²) in [6.07, 6.45) is 1.61. The van der Waals surface area contributed by atoms with E-state index in [1.807, 2.05) is 44.2 Å². The molecule has 3 rings (SSSR count). The van der Waals surface area contributed by atoms with Crippen molar-refractivity contribution in [3.63, 3.8) is 0 Å². The molecule has 2 aromatic heterocycles. The van der Waals surface area contributed by atoms with Crippen LogP contribution in [0.4, 0.5) is 5.69 Å². The Morgan fingerprint density at radius 3 is 2.85 bits per heavy atom. The molecule has 0 atom stereocenters. The molecule has 1 amide bonds. The van der Waals surface area contributed by atoms with Crippen molar-refractivity contribution in [2.75, 3.05) is 5.32 Å². The maximum Gasteiger partial charge on any atom is 0.274 e. The smallest absolute Gasteiger partial charge is 0.274 e. The summed E-state index contributed by atoms with van der Waals surface area (Å²) in [7, 11) is 0. The number of benzene rings is 1. The summed E-state index contributed by atoms with van der Waals surface area (Å²) in [5.41, 5.74) is 3.82. The van der Waals surface area contributed by atoms with E-state index in [0.29, 0.717) is 11.3 Å². The van der Waals surface area contributed by atoms with Crippen molar-refractivity contribution in [3.8, 4) is 0 Å². The minimum atomic E-state index is -0.203. The van der Waals surface area contributed by atoms with Crippen LogP contribution in [-0.4, -0.2) is 20.5 Å². The molecular formula is C15H14N4O. The Morgan fingerprint density at radius 1 is 1.20 bits per heavy atom. The number of anilines is 1. The van der Waals surface area contributed by atoms with E-state index < -0.39 is 0 Å². The number of carbonyl (C=O) groups excluding carboxylic acids is 1. The number of nitrogens with one attached hydrogen (secondary N) is 1. The molecule has 3 aromatic rings. The van der Waals surface area contributed by atoms with Crippen molar-refractivity contribution >= 4 is 17.2 Å². The van der Waals surface area contributed by atoms with E-state index in [-0.39, 0.29) is 5.91 Å². The highest BCUT2D eigenvalue weighted by molar-refractivity contribution is 6.03. The quantitative estimate of drug-likeness (QED) is 0.775. The number of rotatable bonds is 2. The molecule has 1 aromatic carbocycles. The molecule has 0 bridgehead atoms. The lowest BCUT2D eigenvalue weighted by Gasteiger charge is -2.07. The van der Waals surface area contributed by atoms with E-state index >= 15 is 0 Å². The van der Waals surface area contributed by atoms with Crippen LogP contribution in [0.15, 0.2) is 42.6 Å². The fourth-order valence-corrected chi connectivity index (χ4v) is 2.10. The SMILES string of the molecule is Cc1cccc(NC(=O)c2ccnc3cc(C)nn23)c1. The van der Waals surface area contributed by atoms with E-state index in [1.165, 1.54) is 0 Å². The van der Waals surface area contributed by atoms with E-state index in [1.54, 1.807) is 16.8 Å². The predicted octanol–water partition coefficient (Wildman–Crippen LogP) is 2.60. The Hall–Kier alpha value is -2.69. The first kappa shape index (κ1) is 12.3. The Bertz CT molecular complexity index is 791. The van der Waals surface area contributed by atoms with Crippen molar-refractivity contribution < 1.29 is 4.79 Å². The normalized spacial score (nSPS) is 10.7. The molecule has 0 spiro atoms. The Morgan fingerprint density at radius 2 is 2.05 bits per heavy atom. The Labute approximate surface area is 116 Å². The molecule has 0 aliphatic heterocycles. The van der Waals surface area contributed by atoms with Gasteiger partial charge in [-0.1, -0.05) is 12.1 Å². The summed E-state index contributed by atoms with van der Waals surface area (Å²) < 4.78 is 1.56. The first-order valence-electron chi connectivity index (χ1n) is 6.33. The summed E-state index contributed by atoms with van der Waals surface area (Å²) in [6.45, 7) is 3.86. The Kier molecular flexibility index (Phi) is 2.95. The molecule has 1 N–H and O–H groups in total. The van der Waals surface area contributed by atoms with Gasteiger partial charge >= 0.3 is 0 Å². The standard InChI is InChI=1S/C15H14N4O/c1-10-4-3-5-12(8-10)17-15(20)13-6-7-16-14-9-11(2)18-19(13)14/h3-9H,1-2H3,(H,17,20). The van der Waals surface area contributed by atoms with Crippen molar-refractivity contribution in [1.82, 2.24) is 14.6 Å². The van der Waals surface area contributed by atoms with Crippen LogP contribution in [0.1, 0.15) is 21.7 Å². The number of hydrogen-bond acceptors (Lipinski definition) is 3. The van der Waals surface area contributed by atoms with Gasteiger partial charge in [0.05, 0.1) is 5.69 Å². The van der Waals surface area contributed by atoms with Gasteiger partial charge in [0, 0.05) is 18.0 Å². The van der Waals surface area contributed by atoms with Crippen LogP contribution in [0.3, 0.4) is 0 Å². The van der Waals surface area contributed by atoms with Crippen LogP contribution in [-0.2, 0) is 0 Å². The molecule has 20 heavy (non-hydrogen) atoms. The van der Waals surface area contributed by atoms with Gasteiger partial charge in [-0.2, -0.15) is 5.10 Å². The number of nitrogens with zero attached hydrogens (tertiary/aromatic N) is 3. The van der Waals surface area contributed by atoms with Gasteiger partial charge in [-0.25, -0.2) is 9.50 Å². The third-order valence-electron chi connectivity index (χ3n) is 2.99. The van der Waals surface area contributed by atoms with Gasteiger partial charge in [0.1, 0.15) is 5.69 Å². The van der Waals surface area contributed by atoms with E-state index in [2.05, 4.69) is 15.4 Å². The maximum atomic E-state index is 12.3. The topological polar surface area (TPSA) is 59.3 Å². The molecular weight excluding hydrogens is 252 g/mol. The third kappa shape index (κ3) is 2.25. The molecule has 0 radical (unpaired) electrons.